The molecule has 3 aromatic rings. The van der Waals surface area contributed by atoms with Crippen LogP contribution in [0.1, 0.15) is 22.1 Å². The molecule has 2 fully saturated rings. The van der Waals surface area contributed by atoms with Crippen molar-refractivity contribution >= 4 is 22.4 Å². The van der Waals surface area contributed by atoms with E-state index in [1.54, 1.807) is 23.6 Å². The lowest BCUT2D eigenvalue weighted by Crippen LogP contribution is -2.36. The summed E-state index contributed by atoms with van der Waals surface area (Å²) in [6, 6.07) is 16.0. The van der Waals surface area contributed by atoms with Crippen LogP contribution in [0.3, 0.4) is 0 Å². The number of carbonyl (C=O) groups is 1. The van der Waals surface area contributed by atoms with Crippen LogP contribution in [0.25, 0.3) is 0 Å². The van der Waals surface area contributed by atoms with Gasteiger partial charge in [0, 0.05) is 49.2 Å². The lowest BCUT2D eigenvalue weighted by Gasteiger charge is -2.29. The largest absolute Gasteiger partial charge is 0.347 e. The number of pyridine rings is 1. The monoisotopic (exact) mass is 376 g/mol. The SMILES string of the molecule is O=C(c1ccccn1)N1C[C@@H]2CN(c3nccs3)C[C@@H]2[C@H]1c1ccccc1. The molecule has 2 saturated heterocycles. The smallest absolute Gasteiger partial charge is 0.272 e. The number of likely N-dealkylation sites (tertiary alicyclic amines) is 1. The molecule has 0 aliphatic carbocycles. The van der Waals surface area contributed by atoms with E-state index in [4.69, 9.17) is 0 Å². The number of nitrogens with zero attached hydrogens (tertiary/aromatic N) is 4. The molecule has 1 amide bonds. The molecule has 1 aromatic carbocycles. The molecule has 3 atom stereocenters. The maximum atomic E-state index is 13.2. The zero-order chi connectivity index (χ0) is 18.2. The Balaban J connectivity index is 1.48. The van der Waals surface area contributed by atoms with Crippen molar-refractivity contribution in [3.05, 3.63) is 77.6 Å². The predicted octanol–water partition coefficient (Wildman–Crippen LogP) is 3.49. The summed E-state index contributed by atoms with van der Waals surface area (Å²) >= 11 is 1.68. The first-order valence-electron chi connectivity index (χ1n) is 9.22. The van der Waals surface area contributed by atoms with Gasteiger partial charge in [0.15, 0.2) is 5.13 Å². The number of fused-ring (bicyclic) bond motifs is 1. The Morgan fingerprint density at radius 2 is 1.81 bits per heavy atom. The molecule has 5 rings (SSSR count). The second-order valence-electron chi connectivity index (χ2n) is 7.17. The lowest BCUT2D eigenvalue weighted by atomic mass is 9.89. The number of anilines is 1. The van der Waals surface area contributed by atoms with Gasteiger partial charge >= 0.3 is 0 Å². The van der Waals surface area contributed by atoms with E-state index in [2.05, 4.69) is 39.1 Å². The van der Waals surface area contributed by atoms with Crippen LogP contribution >= 0.6 is 11.3 Å². The van der Waals surface area contributed by atoms with E-state index in [1.165, 1.54) is 5.56 Å². The minimum atomic E-state index is 0.0275. The van der Waals surface area contributed by atoms with Crippen molar-refractivity contribution < 1.29 is 4.79 Å². The van der Waals surface area contributed by atoms with Crippen molar-refractivity contribution in [3.8, 4) is 0 Å². The first-order chi connectivity index (χ1) is 13.3. The minimum Gasteiger partial charge on any atom is -0.347 e. The summed E-state index contributed by atoms with van der Waals surface area (Å²) in [6.45, 7) is 2.65. The Kier molecular flexibility index (Phi) is 4.13. The zero-order valence-electron chi connectivity index (χ0n) is 14.8. The molecule has 0 radical (unpaired) electrons. The number of hydrogen-bond acceptors (Lipinski definition) is 5. The van der Waals surface area contributed by atoms with Gasteiger partial charge in [-0.05, 0) is 17.7 Å². The van der Waals surface area contributed by atoms with Gasteiger partial charge in [0.2, 0.25) is 0 Å². The molecule has 0 spiro atoms. The zero-order valence-corrected chi connectivity index (χ0v) is 15.6. The summed E-state index contributed by atoms with van der Waals surface area (Å²) in [5, 5.41) is 3.11. The second kappa shape index (κ2) is 6.78. The Hall–Kier alpha value is -2.73. The molecule has 2 aliphatic rings. The van der Waals surface area contributed by atoms with Crippen LogP contribution in [0.4, 0.5) is 5.13 Å². The molecule has 27 heavy (non-hydrogen) atoms. The molecule has 0 bridgehead atoms. The topological polar surface area (TPSA) is 49.3 Å². The van der Waals surface area contributed by atoms with Gasteiger partial charge in [-0.3, -0.25) is 9.78 Å². The molecule has 136 valence electrons. The van der Waals surface area contributed by atoms with E-state index in [9.17, 15) is 4.79 Å². The normalized spacial score (nSPS) is 24.2. The fraction of sp³-hybridized carbons (Fsp3) is 0.286. The average molecular weight is 376 g/mol. The minimum absolute atomic E-state index is 0.0275. The Bertz CT molecular complexity index is 916. The summed E-state index contributed by atoms with van der Waals surface area (Å²) in [6.07, 6.45) is 3.55. The van der Waals surface area contributed by atoms with Crippen LogP contribution in [0.15, 0.2) is 66.3 Å². The number of aromatic nitrogens is 2. The number of rotatable bonds is 3. The van der Waals surface area contributed by atoms with Gasteiger partial charge in [-0.25, -0.2) is 4.98 Å². The molecule has 2 aliphatic heterocycles. The van der Waals surface area contributed by atoms with Gasteiger partial charge < -0.3 is 9.80 Å². The first kappa shape index (κ1) is 16.4. The summed E-state index contributed by atoms with van der Waals surface area (Å²) in [5.41, 5.74) is 1.73. The Labute approximate surface area is 162 Å². The highest BCUT2D eigenvalue weighted by atomic mass is 32.1. The lowest BCUT2D eigenvalue weighted by molar-refractivity contribution is 0.0709. The first-order valence-corrected chi connectivity index (χ1v) is 10.1. The van der Waals surface area contributed by atoms with Gasteiger partial charge in [-0.2, -0.15) is 0 Å². The molecule has 0 N–H and O–H groups in total. The summed E-state index contributed by atoms with van der Waals surface area (Å²) < 4.78 is 0. The third-order valence-corrected chi connectivity index (χ3v) is 6.47. The van der Waals surface area contributed by atoms with Crippen molar-refractivity contribution in [2.75, 3.05) is 24.5 Å². The quantitative estimate of drug-likeness (QED) is 0.702. The van der Waals surface area contributed by atoms with E-state index in [1.807, 2.05) is 34.7 Å². The van der Waals surface area contributed by atoms with Gasteiger partial charge in [0.1, 0.15) is 5.69 Å². The van der Waals surface area contributed by atoms with Crippen LogP contribution in [0.5, 0.6) is 0 Å². The number of hydrogen-bond donors (Lipinski definition) is 0. The number of thiazole rings is 1. The average Bonchev–Trinajstić information content (AvgIpc) is 3.44. The van der Waals surface area contributed by atoms with Gasteiger partial charge in [0.05, 0.1) is 6.04 Å². The van der Waals surface area contributed by atoms with Gasteiger partial charge in [0.25, 0.3) is 5.91 Å². The Morgan fingerprint density at radius 1 is 0.963 bits per heavy atom. The van der Waals surface area contributed by atoms with E-state index in [0.717, 1.165) is 24.8 Å². The molecular formula is C21H20N4OS. The highest BCUT2D eigenvalue weighted by molar-refractivity contribution is 7.13. The summed E-state index contributed by atoms with van der Waals surface area (Å²) in [4.78, 5) is 26.4. The number of carbonyl (C=O) groups excluding carboxylic acids is 1. The van der Waals surface area contributed by atoms with E-state index >= 15 is 0 Å². The van der Waals surface area contributed by atoms with Crippen molar-refractivity contribution in [2.45, 2.75) is 6.04 Å². The molecular weight excluding hydrogens is 356 g/mol. The third kappa shape index (κ3) is 2.90. The molecule has 0 saturated carbocycles. The summed E-state index contributed by atoms with van der Waals surface area (Å²) in [7, 11) is 0. The number of benzene rings is 1. The van der Waals surface area contributed by atoms with Gasteiger partial charge in [-0.1, -0.05) is 36.4 Å². The van der Waals surface area contributed by atoms with Crippen molar-refractivity contribution in [1.29, 1.82) is 0 Å². The molecule has 2 aromatic heterocycles. The highest BCUT2D eigenvalue weighted by Crippen LogP contribution is 2.46. The molecule has 6 heteroatoms. The fourth-order valence-corrected chi connectivity index (χ4v) is 5.16. The van der Waals surface area contributed by atoms with Crippen LogP contribution in [0, 0.1) is 11.8 Å². The molecule has 5 nitrogen and oxygen atoms in total. The Morgan fingerprint density at radius 3 is 2.56 bits per heavy atom. The molecule has 0 unspecified atom stereocenters. The van der Waals surface area contributed by atoms with Crippen molar-refractivity contribution in [2.24, 2.45) is 11.8 Å². The summed E-state index contributed by atoms with van der Waals surface area (Å²) in [5.74, 6) is 0.885. The third-order valence-electron chi connectivity index (χ3n) is 5.64. The maximum absolute atomic E-state index is 13.2. The van der Waals surface area contributed by atoms with Crippen LogP contribution in [0.2, 0.25) is 0 Å². The predicted molar refractivity (Wildman–Crippen MR) is 106 cm³/mol. The maximum Gasteiger partial charge on any atom is 0.272 e. The van der Waals surface area contributed by atoms with Crippen molar-refractivity contribution in [1.82, 2.24) is 14.9 Å². The number of amides is 1. The van der Waals surface area contributed by atoms with Crippen LogP contribution < -0.4 is 4.90 Å². The van der Waals surface area contributed by atoms with Crippen LogP contribution in [-0.4, -0.2) is 40.4 Å². The van der Waals surface area contributed by atoms with E-state index in [0.29, 0.717) is 17.5 Å². The highest BCUT2D eigenvalue weighted by Gasteiger charge is 2.49. The molecule has 4 heterocycles. The van der Waals surface area contributed by atoms with Crippen molar-refractivity contribution in [3.63, 3.8) is 0 Å². The van der Waals surface area contributed by atoms with E-state index < -0.39 is 0 Å². The fourth-order valence-electron chi connectivity index (χ4n) is 4.50. The van der Waals surface area contributed by atoms with Crippen LogP contribution in [-0.2, 0) is 0 Å². The van der Waals surface area contributed by atoms with E-state index in [-0.39, 0.29) is 11.9 Å². The standard InChI is InChI=1S/C21H20N4OS/c26-20(18-8-4-5-9-22-18)25-13-16-12-24(21-23-10-11-27-21)14-17(16)19(25)15-6-2-1-3-7-15/h1-11,16-17,19H,12-14H2/t16-,17-,19+/m0/s1. The van der Waals surface area contributed by atoms with Gasteiger partial charge in [-0.15, -0.1) is 11.3 Å². The second-order valence-corrected chi connectivity index (χ2v) is 8.04.